The van der Waals surface area contributed by atoms with E-state index in [0.29, 0.717) is 12.3 Å². The Morgan fingerprint density at radius 1 is 1.50 bits per heavy atom. The summed E-state index contributed by atoms with van der Waals surface area (Å²) in [4.78, 5) is 14.8. The van der Waals surface area contributed by atoms with Crippen molar-refractivity contribution < 1.29 is 14.6 Å². The molecule has 0 spiro atoms. The van der Waals surface area contributed by atoms with Crippen molar-refractivity contribution in [3.63, 3.8) is 0 Å². The van der Waals surface area contributed by atoms with Crippen LogP contribution in [0.2, 0.25) is 0 Å². The van der Waals surface area contributed by atoms with Crippen LogP contribution < -0.4 is 4.74 Å². The third kappa shape index (κ3) is 5.15. The second-order valence-electron chi connectivity index (χ2n) is 3.83. The fourth-order valence-corrected chi connectivity index (χ4v) is 3.55. The van der Waals surface area contributed by atoms with Crippen LogP contribution in [0.25, 0.3) is 0 Å². The van der Waals surface area contributed by atoms with E-state index in [1.165, 1.54) is 11.3 Å². The number of halogens is 1. The van der Waals surface area contributed by atoms with E-state index in [1.54, 1.807) is 17.1 Å². The molecule has 7 heteroatoms. The van der Waals surface area contributed by atoms with Crippen LogP contribution >= 0.6 is 39.0 Å². The molecular weight excluding hydrogens is 362 g/mol. The van der Waals surface area contributed by atoms with E-state index in [9.17, 15) is 4.79 Å². The van der Waals surface area contributed by atoms with Gasteiger partial charge in [0.15, 0.2) is 0 Å². The number of aromatic nitrogens is 1. The van der Waals surface area contributed by atoms with Crippen molar-refractivity contribution in [3.05, 3.63) is 39.8 Å². The van der Waals surface area contributed by atoms with Crippen molar-refractivity contribution in [2.45, 2.75) is 10.8 Å². The van der Waals surface area contributed by atoms with E-state index >= 15 is 0 Å². The summed E-state index contributed by atoms with van der Waals surface area (Å²) in [6.07, 6.45) is -0.0222. The number of nitrogens with zero attached hydrogens (tertiary/aromatic N) is 1. The highest BCUT2D eigenvalue weighted by Gasteiger charge is 2.06. The first kappa shape index (κ1) is 15.3. The molecule has 1 aromatic carbocycles. The molecule has 4 nitrogen and oxygen atoms in total. The lowest BCUT2D eigenvalue weighted by molar-refractivity contribution is -0.136. The summed E-state index contributed by atoms with van der Waals surface area (Å²) >= 11 is 6.42. The maximum Gasteiger partial charge on any atom is 0.309 e. The van der Waals surface area contributed by atoms with Crippen molar-refractivity contribution in [3.8, 4) is 5.75 Å². The molecule has 0 amide bonds. The fourth-order valence-electron chi connectivity index (χ4n) is 1.44. The Morgan fingerprint density at radius 2 is 2.35 bits per heavy atom. The average molecular weight is 374 g/mol. The molecule has 0 aliphatic carbocycles. The van der Waals surface area contributed by atoms with Crippen molar-refractivity contribution in [1.82, 2.24) is 4.98 Å². The lowest BCUT2D eigenvalue weighted by Crippen LogP contribution is -2.01. The summed E-state index contributed by atoms with van der Waals surface area (Å²) in [5.41, 5.74) is 0.609. The Labute approximate surface area is 133 Å². The third-order valence-electron chi connectivity index (χ3n) is 2.24. The Balaban J connectivity index is 1.73. The van der Waals surface area contributed by atoms with E-state index in [4.69, 9.17) is 9.84 Å². The fraction of sp³-hybridized carbons (Fsp3) is 0.231. The predicted octanol–water partition coefficient (Wildman–Crippen LogP) is 3.70. The number of ether oxygens (including phenoxy) is 1. The summed E-state index contributed by atoms with van der Waals surface area (Å²) in [6.45, 7) is 0.578. The number of thiazole rings is 1. The Morgan fingerprint density at radius 3 is 3.10 bits per heavy atom. The first-order chi connectivity index (χ1) is 9.63. The SMILES string of the molecule is O=C(O)Cc1csc(SCCOc2cccc(Br)c2)n1. The van der Waals surface area contributed by atoms with Crippen molar-refractivity contribution >= 4 is 45.0 Å². The number of carboxylic acid groups (broad SMARTS) is 1. The van der Waals surface area contributed by atoms with Gasteiger partial charge in [-0.05, 0) is 18.2 Å². The number of rotatable bonds is 7. The minimum Gasteiger partial charge on any atom is -0.493 e. The second-order valence-corrected chi connectivity index (χ2v) is 6.95. The van der Waals surface area contributed by atoms with Crippen LogP contribution in [-0.4, -0.2) is 28.4 Å². The Bertz CT molecular complexity index is 589. The maximum atomic E-state index is 10.6. The molecule has 1 aromatic heterocycles. The van der Waals surface area contributed by atoms with Gasteiger partial charge in [0.25, 0.3) is 0 Å². The molecule has 0 bridgehead atoms. The Kier molecular flexibility index (Phi) is 5.87. The van der Waals surface area contributed by atoms with Gasteiger partial charge in [-0.25, -0.2) is 4.98 Å². The van der Waals surface area contributed by atoms with Crippen LogP contribution in [0.5, 0.6) is 5.75 Å². The highest BCUT2D eigenvalue weighted by molar-refractivity contribution is 9.10. The van der Waals surface area contributed by atoms with Crippen LogP contribution in [0.4, 0.5) is 0 Å². The van der Waals surface area contributed by atoms with Crippen LogP contribution in [0.3, 0.4) is 0 Å². The number of aliphatic carboxylic acids is 1. The van der Waals surface area contributed by atoms with Gasteiger partial charge in [-0.15, -0.1) is 11.3 Å². The molecule has 2 aromatic rings. The smallest absolute Gasteiger partial charge is 0.309 e. The minimum atomic E-state index is -0.857. The van der Waals surface area contributed by atoms with Gasteiger partial charge in [-0.3, -0.25) is 4.79 Å². The van der Waals surface area contributed by atoms with E-state index in [1.807, 2.05) is 24.3 Å². The topological polar surface area (TPSA) is 59.4 Å². The predicted molar refractivity (Wildman–Crippen MR) is 83.8 cm³/mol. The van der Waals surface area contributed by atoms with Crippen molar-refractivity contribution in [1.29, 1.82) is 0 Å². The van der Waals surface area contributed by atoms with Gasteiger partial charge in [-0.1, -0.05) is 33.8 Å². The molecule has 0 aliphatic rings. The van der Waals surface area contributed by atoms with E-state index in [0.717, 1.165) is 20.3 Å². The first-order valence-corrected chi connectivity index (χ1v) is 8.46. The van der Waals surface area contributed by atoms with E-state index in [-0.39, 0.29) is 6.42 Å². The molecule has 0 saturated heterocycles. The molecule has 0 aliphatic heterocycles. The largest absolute Gasteiger partial charge is 0.493 e. The molecule has 2 rings (SSSR count). The summed E-state index contributed by atoms with van der Waals surface area (Å²) in [5.74, 6) is 0.738. The van der Waals surface area contributed by atoms with Gasteiger partial charge in [0, 0.05) is 15.6 Å². The van der Waals surface area contributed by atoms with Crippen LogP contribution in [-0.2, 0) is 11.2 Å². The van der Waals surface area contributed by atoms with Crippen LogP contribution in [0.15, 0.2) is 38.5 Å². The van der Waals surface area contributed by atoms with Gasteiger partial charge in [-0.2, -0.15) is 0 Å². The number of carbonyl (C=O) groups is 1. The molecule has 0 radical (unpaired) electrons. The Hall–Kier alpha value is -1.05. The third-order valence-corrected chi connectivity index (χ3v) is 4.76. The average Bonchev–Trinajstić information content (AvgIpc) is 2.81. The maximum absolute atomic E-state index is 10.6. The molecular formula is C13H12BrNO3S2. The summed E-state index contributed by atoms with van der Waals surface area (Å²) in [7, 11) is 0. The summed E-state index contributed by atoms with van der Waals surface area (Å²) < 4.78 is 7.47. The zero-order valence-electron chi connectivity index (χ0n) is 10.4. The lowest BCUT2D eigenvalue weighted by atomic mass is 10.3. The first-order valence-electron chi connectivity index (χ1n) is 5.81. The van der Waals surface area contributed by atoms with Gasteiger partial charge < -0.3 is 9.84 Å². The molecule has 1 N–H and O–H groups in total. The normalized spacial score (nSPS) is 10.4. The quantitative estimate of drug-likeness (QED) is 0.592. The van der Waals surface area contributed by atoms with Crippen LogP contribution in [0.1, 0.15) is 5.69 Å². The zero-order valence-corrected chi connectivity index (χ0v) is 13.6. The summed E-state index contributed by atoms with van der Waals surface area (Å²) in [6, 6.07) is 7.69. The van der Waals surface area contributed by atoms with Gasteiger partial charge in [0.2, 0.25) is 0 Å². The minimum absolute atomic E-state index is 0.0222. The molecule has 0 unspecified atom stereocenters. The molecule has 106 valence electrons. The van der Waals surface area contributed by atoms with Gasteiger partial charge in [0.05, 0.1) is 18.7 Å². The van der Waals surface area contributed by atoms with E-state index in [2.05, 4.69) is 20.9 Å². The van der Waals surface area contributed by atoms with Crippen LogP contribution in [0, 0.1) is 0 Å². The number of hydrogen-bond acceptors (Lipinski definition) is 5. The zero-order chi connectivity index (χ0) is 14.4. The van der Waals surface area contributed by atoms with E-state index < -0.39 is 5.97 Å². The van der Waals surface area contributed by atoms with Crippen molar-refractivity contribution in [2.24, 2.45) is 0 Å². The molecule has 20 heavy (non-hydrogen) atoms. The number of thioether (sulfide) groups is 1. The second kappa shape index (κ2) is 7.66. The number of benzene rings is 1. The molecule has 0 atom stereocenters. The summed E-state index contributed by atoms with van der Waals surface area (Å²) in [5, 5.41) is 10.5. The van der Waals surface area contributed by atoms with Gasteiger partial charge in [0.1, 0.15) is 10.1 Å². The highest BCUT2D eigenvalue weighted by Crippen LogP contribution is 2.23. The van der Waals surface area contributed by atoms with Crippen molar-refractivity contribution in [2.75, 3.05) is 12.4 Å². The standard InChI is InChI=1S/C13H12BrNO3S2/c14-9-2-1-3-11(6-9)18-4-5-19-13-15-10(8-20-13)7-12(16)17/h1-3,6,8H,4-5,7H2,(H,16,17). The molecule has 0 saturated carbocycles. The van der Waals surface area contributed by atoms with Gasteiger partial charge >= 0.3 is 5.97 Å². The molecule has 1 heterocycles. The number of carboxylic acids is 1. The molecule has 0 fully saturated rings. The lowest BCUT2D eigenvalue weighted by Gasteiger charge is -2.05. The monoisotopic (exact) mass is 373 g/mol. The highest BCUT2D eigenvalue weighted by atomic mass is 79.9. The number of hydrogen-bond donors (Lipinski definition) is 1.